The molecule has 0 aliphatic rings. The molecule has 0 fully saturated rings. The maximum Gasteiger partial charge on any atom is 0.583 e. The lowest BCUT2D eigenvalue weighted by Gasteiger charge is -2.25. The molecule has 6 nitrogen and oxygen atoms in total. The lowest BCUT2D eigenvalue weighted by molar-refractivity contribution is 0.0737. The van der Waals surface area contributed by atoms with E-state index in [-0.39, 0.29) is 0 Å². The minimum Gasteiger partial charge on any atom is -0.307 e. The molecule has 0 heterocycles. The third-order valence-electron chi connectivity index (χ3n) is 3.02. The van der Waals surface area contributed by atoms with Gasteiger partial charge < -0.3 is 9.05 Å². The Bertz CT molecular complexity index is 323. The molecule has 0 unspecified atom stereocenters. The molecular formula is C16H37O6P2S+. The molecule has 0 aliphatic heterocycles. The standard InChI is InChI=1S/C16H37O6P2S/c1-6-11-14-19-23(20-15-12-7-2,21-16-13-8-3)22-24(25,17-9-4)18-10-5/h6-16H2,1-5H3/q+1. The van der Waals surface area contributed by atoms with Crippen molar-refractivity contribution in [2.75, 3.05) is 33.0 Å². The molecule has 0 spiro atoms. The number of unbranched alkanes of at least 4 members (excludes halogenated alkanes) is 3. The SMILES string of the molecule is CCCCO[P+](OCCCC)(OCCCC)OP(=S)(OCC)OCC. The van der Waals surface area contributed by atoms with Crippen molar-refractivity contribution in [1.29, 1.82) is 0 Å². The summed E-state index contributed by atoms with van der Waals surface area (Å²) in [7, 11) is -3.07. The summed E-state index contributed by atoms with van der Waals surface area (Å²) in [5, 5.41) is 0. The first-order valence-corrected chi connectivity index (χ1v) is 13.5. The molecule has 152 valence electrons. The molecule has 0 bridgehead atoms. The topological polar surface area (TPSA) is 55.4 Å². The second-order valence-electron chi connectivity index (χ2n) is 5.37. The van der Waals surface area contributed by atoms with Crippen LogP contribution in [0.1, 0.15) is 73.1 Å². The zero-order valence-electron chi connectivity index (χ0n) is 16.5. The van der Waals surface area contributed by atoms with Gasteiger partial charge in [0, 0.05) is 0 Å². The van der Waals surface area contributed by atoms with Gasteiger partial charge in [-0.15, -0.1) is 0 Å². The molecule has 0 aliphatic carbocycles. The van der Waals surface area contributed by atoms with Crippen LogP contribution in [0.4, 0.5) is 0 Å². The Morgan fingerprint density at radius 3 is 1.32 bits per heavy atom. The van der Waals surface area contributed by atoms with Crippen molar-refractivity contribution in [1.82, 2.24) is 0 Å². The van der Waals surface area contributed by atoms with Gasteiger partial charge in [-0.3, -0.25) is 0 Å². The zero-order valence-corrected chi connectivity index (χ0v) is 19.1. The number of hydrogen-bond donors (Lipinski definition) is 0. The van der Waals surface area contributed by atoms with Gasteiger partial charge in [0.2, 0.25) is 0 Å². The first kappa shape index (κ1) is 25.8. The fourth-order valence-corrected chi connectivity index (χ4v) is 6.95. The molecule has 0 rings (SSSR count). The zero-order chi connectivity index (χ0) is 19.0. The van der Waals surface area contributed by atoms with Crippen molar-refractivity contribution < 1.29 is 26.9 Å². The Morgan fingerprint density at radius 1 is 0.680 bits per heavy atom. The molecule has 9 heteroatoms. The third-order valence-corrected chi connectivity index (χ3v) is 8.49. The molecule has 0 saturated heterocycles. The summed E-state index contributed by atoms with van der Waals surface area (Å²) in [4.78, 5) is 0. The van der Waals surface area contributed by atoms with E-state index in [0.29, 0.717) is 33.0 Å². The first-order valence-electron chi connectivity index (χ1n) is 9.44. The fraction of sp³-hybridized carbons (Fsp3) is 1.00. The summed E-state index contributed by atoms with van der Waals surface area (Å²) in [6, 6.07) is 0. The molecule has 0 N–H and O–H groups in total. The lowest BCUT2D eigenvalue weighted by atomic mass is 10.4. The molecule has 0 aromatic heterocycles. The molecule has 0 atom stereocenters. The van der Waals surface area contributed by atoms with Crippen molar-refractivity contribution >= 4 is 26.7 Å². The van der Waals surface area contributed by atoms with Crippen LogP contribution < -0.4 is 0 Å². The second-order valence-corrected chi connectivity index (χ2v) is 10.4. The minimum absolute atomic E-state index is 0.399. The Kier molecular flexibility index (Phi) is 16.4. The van der Waals surface area contributed by atoms with Gasteiger partial charge in [0.25, 0.3) is 0 Å². The molecular weight excluding hydrogens is 382 g/mol. The van der Waals surface area contributed by atoms with Crippen LogP contribution in [-0.2, 0) is 38.7 Å². The van der Waals surface area contributed by atoms with Crippen LogP contribution in [0.2, 0.25) is 0 Å². The smallest absolute Gasteiger partial charge is 0.307 e. The summed E-state index contributed by atoms with van der Waals surface area (Å²) in [5.74, 6) is 0. The molecule has 0 amide bonds. The molecule has 0 radical (unpaired) electrons. The van der Waals surface area contributed by atoms with Crippen LogP contribution in [-0.4, -0.2) is 33.0 Å². The highest BCUT2D eigenvalue weighted by molar-refractivity contribution is 8.09. The minimum atomic E-state index is -3.07. The predicted molar refractivity (Wildman–Crippen MR) is 108 cm³/mol. The maximum atomic E-state index is 6.07. The average Bonchev–Trinajstić information content (AvgIpc) is 2.56. The van der Waals surface area contributed by atoms with Crippen molar-refractivity contribution in [3.63, 3.8) is 0 Å². The van der Waals surface area contributed by atoms with E-state index in [1.54, 1.807) is 0 Å². The fourth-order valence-electron chi connectivity index (χ4n) is 1.67. The summed E-state index contributed by atoms with van der Waals surface area (Å²) < 4.78 is 35.3. The van der Waals surface area contributed by atoms with Crippen molar-refractivity contribution in [3.8, 4) is 0 Å². The van der Waals surface area contributed by atoms with Crippen LogP contribution in [0, 0.1) is 0 Å². The Morgan fingerprint density at radius 2 is 1.04 bits per heavy atom. The van der Waals surface area contributed by atoms with E-state index < -0.39 is 14.9 Å². The van der Waals surface area contributed by atoms with E-state index in [0.717, 1.165) is 38.5 Å². The van der Waals surface area contributed by atoms with Gasteiger partial charge in [0.15, 0.2) is 0 Å². The van der Waals surface area contributed by atoms with Gasteiger partial charge >= 0.3 is 14.9 Å². The van der Waals surface area contributed by atoms with Crippen LogP contribution in [0.5, 0.6) is 0 Å². The largest absolute Gasteiger partial charge is 0.583 e. The van der Waals surface area contributed by atoms with Crippen LogP contribution in [0.25, 0.3) is 0 Å². The van der Waals surface area contributed by atoms with Gasteiger partial charge in [-0.05, 0) is 44.9 Å². The monoisotopic (exact) mass is 419 g/mol. The predicted octanol–water partition coefficient (Wildman–Crippen LogP) is 6.43. The number of hydrogen-bond acceptors (Lipinski definition) is 7. The van der Waals surface area contributed by atoms with E-state index in [1.165, 1.54) is 0 Å². The van der Waals surface area contributed by atoms with Gasteiger partial charge in [-0.2, -0.15) is 13.6 Å². The van der Waals surface area contributed by atoms with E-state index in [2.05, 4.69) is 20.8 Å². The van der Waals surface area contributed by atoms with Gasteiger partial charge in [0.05, 0.1) is 13.2 Å². The van der Waals surface area contributed by atoms with Crippen LogP contribution in [0.3, 0.4) is 0 Å². The quantitative estimate of drug-likeness (QED) is 0.187. The summed E-state index contributed by atoms with van der Waals surface area (Å²) in [5.41, 5.74) is 0. The van der Waals surface area contributed by atoms with Crippen molar-refractivity contribution in [2.24, 2.45) is 0 Å². The van der Waals surface area contributed by atoms with Crippen LogP contribution in [0.15, 0.2) is 0 Å². The summed E-state index contributed by atoms with van der Waals surface area (Å²) in [6.45, 7) is 9.33. The molecule has 0 saturated carbocycles. The van der Waals surface area contributed by atoms with E-state index in [4.69, 9.17) is 38.7 Å². The number of rotatable bonds is 18. The molecule has 0 aromatic rings. The second kappa shape index (κ2) is 15.9. The van der Waals surface area contributed by atoms with Gasteiger partial charge in [0.1, 0.15) is 19.8 Å². The third kappa shape index (κ3) is 12.0. The lowest BCUT2D eigenvalue weighted by Crippen LogP contribution is -2.14. The van der Waals surface area contributed by atoms with E-state index in [1.807, 2.05) is 13.8 Å². The molecule has 25 heavy (non-hydrogen) atoms. The van der Waals surface area contributed by atoms with Gasteiger partial charge in [-0.1, -0.05) is 44.3 Å². The Balaban J connectivity index is 5.29. The van der Waals surface area contributed by atoms with E-state index in [9.17, 15) is 0 Å². The molecule has 0 aromatic carbocycles. The van der Waals surface area contributed by atoms with Crippen molar-refractivity contribution in [3.05, 3.63) is 0 Å². The normalized spacial score (nSPS) is 12.7. The highest BCUT2D eigenvalue weighted by Gasteiger charge is 2.55. The highest BCUT2D eigenvalue weighted by Crippen LogP contribution is 2.74. The highest BCUT2D eigenvalue weighted by atomic mass is 32.5. The summed E-state index contributed by atoms with van der Waals surface area (Å²) >= 11 is 5.52. The first-order chi connectivity index (χ1) is 12.0. The van der Waals surface area contributed by atoms with Gasteiger partial charge in [-0.25, -0.2) is 0 Å². The van der Waals surface area contributed by atoms with Crippen LogP contribution >= 0.6 is 14.9 Å². The maximum absolute atomic E-state index is 6.07. The Hall–Kier alpha value is 0.840. The van der Waals surface area contributed by atoms with E-state index >= 15 is 0 Å². The Labute approximate surface area is 160 Å². The van der Waals surface area contributed by atoms with Crippen molar-refractivity contribution in [2.45, 2.75) is 73.1 Å². The summed E-state index contributed by atoms with van der Waals surface area (Å²) in [6.07, 6.45) is 5.71. The average molecular weight is 419 g/mol.